The average molecular weight is 520 g/mol. The molecule has 1 aliphatic carbocycles. The van der Waals surface area contributed by atoms with Gasteiger partial charge in [0.15, 0.2) is 5.96 Å². The van der Waals surface area contributed by atoms with Crippen LogP contribution in [0.15, 0.2) is 47.5 Å². The molecule has 6 N–H and O–H groups in total. The first-order valence-electron chi connectivity index (χ1n) is 11.0. The van der Waals surface area contributed by atoms with Gasteiger partial charge in [-0.2, -0.15) is 4.98 Å². The highest BCUT2D eigenvalue weighted by Gasteiger charge is 2.26. The van der Waals surface area contributed by atoms with Crippen molar-refractivity contribution in [2.24, 2.45) is 16.5 Å². The Balaban J connectivity index is 0.00000216. The fourth-order valence-electron chi connectivity index (χ4n) is 4.13. The van der Waals surface area contributed by atoms with Gasteiger partial charge >= 0.3 is 0 Å². The van der Waals surface area contributed by atoms with Gasteiger partial charge in [-0.05, 0) is 56.2 Å². The second kappa shape index (κ2) is 12.4. The Hall–Kier alpha value is -3.30. The van der Waals surface area contributed by atoms with Gasteiger partial charge in [-0.1, -0.05) is 24.5 Å². The van der Waals surface area contributed by atoms with E-state index in [1.807, 2.05) is 25.1 Å². The SMILES string of the molecule is COc1ccc(C(=O)Nc2nc(N[C@H]3CCCC[C@H]3N=C(N)N)c3cc(C)ccc3n2)cc1.Cl.Cl. The first-order valence-corrected chi connectivity index (χ1v) is 11.0. The molecular formula is C24H31Cl2N7O2. The summed E-state index contributed by atoms with van der Waals surface area (Å²) in [4.78, 5) is 26.4. The van der Waals surface area contributed by atoms with Crippen molar-refractivity contribution in [1.29, 1.82) is 0 Å². The lowest BCUT2D eigenvalue weighted by molar-refractivity contribution is 0.102. The number of nitrogens with one attached hydrogen (secondary N) is 2. The lowest BCUT2D eigenvalue weighted by Gasteiger charge is -2.30. The molecule has 188 valence electrons. The summed E-state index contributed by atoms with van der Waals surface area (Å²) >= 11 is 0. The summed E-state index contributed by atoms with van der Waals surface area (Å²) in [5.74, 6) is 1.34. The molecule has 1 aromatic heterocycles. The number of hydrogen-bond donors (Lipinski definition) is 4. The Labute approximate surface area is 217 Å². The Morgan fingerprint density at radius 1 is 1.06 bits per heavy atom. The van der Waals surface area contributed by atoms with Crippen molar-refractivity contribution in [3.63, 3.8) is 0 Å². The summed E-state index contributed by atoms with van der Waals surface area (Å²) in [7, 11) is 1.58. The number of ether oxygens (including phenoxy) is 1. The standard InChI is InChI=1S/C24H29N7O2.2ClH/c1-14-7-12-18-17(13-14)21(27-19-5-3-4-6-20(19)28-23(25)26)30-24(29-18)31-22(32)15-8-10-16(33-2)11-9-15;;/h7-13,19-20H,3-6H2,1-2H3,(H4,25,26,28)(H2,27,29,30,31,32);2*1H/t19-,20+;;/m0../s1. The number of rotatable bonds is 6. The number of carbonyl (C=O) groups excluding carboxylic acids is 1. The Kier molecular flexibility index (Phi) is 9.91. The third-order valence-corrected chi connectivity index (χ3v) is 5.80. The van der Waals surface area contributed by atoms with Crippen molar-refractivity contribution in [3.05, 3.63) is 53.6 Å². The highest BCUT2D eigenvalue weighted by Crippen LogP contribution is 2.29. The van der Waals surface area contributed by atoms with Crippen molar-refractivity contribution in [2.45, 2.75) is 44.7 Å². The Bertz CT molecular complexity index is 1180. The first-order chi connectivity index (χ1) is 15.9. The van der Waals surface area contributed by atoms with Gasteiger partial charge in [0.1, 0.15) is 11.6 Å². The molecule has 3 aromatic rings. The van der Waals surface area contributed by atoms with E-state index in [0.717, 1.165) is 42.1 Å². The molecule has 1 aliphatic rings. The maximum Gasteiger partial charge on any atom is 0.258 e. The van der Waals surface area contributed by atoms with Crippen LogP contribution in [-0.4, -0.2) is 41.0 Å². The summed E-state index contributed by atoms with van der Waals surface area (Å²) in [6.45, 7) is 2.02. The van der Waals surface area contributed by atoms with Gasteiger partial charge in [0.25, 0.3) is 5.91 Å². The molecule has 0 aliphatic heterocycles. The number of amides is 1. The smallest absolute Gasteiger partial charge is 0.258 e. The minimum Gasteiger partial charge on any atom is -0.497 e. The topological polar surface area (TPSA) is 141 Å². The zero-order valence-electron chi connectivity index (χ0n) is 19.7. The molecule has 1 heterocycles. The Morgan fingerprint density at radius 3 is 2.46 bits per heavy atom. The van der Waals surface area contributed by atoms with Crippen LogP contribution >= 0.6 is 24.8 Å². The van der Waals surface area contributed by atoms with Crippen LogP contribution < -0.4 is 26.8 Å². The number of fused-ring (bicyclic) bond motifs is 1. The quantitative estimate of drug-likeness (QED) is 0.284. The zero-order valence-corrected chi connectivity index (χ0v) is 21.3. The number of aryl methyl sites for hydroxylation is 1. The third-order valence-electron chi connectivity index (χ3n) is 5.80. The minimum atomic E-state index is -0.300. The fraction of sp³-hybridized carbons (Fsp3) is 0.333. The lowest BCUT2D eigenvalue weighted by Crippen LogP contribution is -2.38. The summed E-state index contributed by atoms with van der Waals surface area (Å²) in [6.07, 6.45) is 3.98. The number of guanidine groups is 1. The molecule has 1 amide bonds. The van der Waals surface area contributed by atoms with Crippen LogP contribution in [-0.2, 0) is 0 Å². The van der Waals surface area contributed by atoms with Gasteiger partial charge in [0.05, 0.1) is 24.7 Å². The van der Waals surface area contributed by atoms with E-state index in [1.165, 1.54) is 0 Å². The second-order valence-electron chi connectivity index (χ2n) is 8.26. The average Bonchev–Trinajstić information content (AvgIpc) is 2.80. The molecule has 0 saturated heterocycles. The predicted octanol–water partition coefficient (Wildman–Crippen LogP) is 4.04. The maximum absolute atomic E-state index is 12.8. The number of nitrogens with two attached hydrogens (primary N) is 2. The summed E-state index contributed by atoms with van der Waals surface area (Å²) in [5.41, 5.74) is 13.6. The van der Waals surface area contributed by atoms with E-state index in [4.69, 9.17) is 16.2 Å². The van der Waals surface area contributed by atoms with Crippen LogP contribution in [0.2, 0.25) is 0 Å². The van der Waals surface area contributed by atoms with Crippen molar-refractivity contribution < 1.29 is 9.53 Å². The number of benzene rings is 2. The largest absolute Gasteiger partial charge is 0.497 e. The molecule has 1 fully saturated rings. The number of hydrogen-bond acceptors (Lipinski definition) is 6. The molecule has 0 unspecified atom stereocenters. The highest BCUT2D eigenvalue weighted by molar-refractivity contribution is 6.04. The molecule has 35 heavy (non-hydrogen) atoms. The zero-order chi connectivity index (χ0) is 23.4. The number of aliphatic imine (C=N–C) groups is 1. The summed E-state index contributed by atoms with van der Waals surface area (Å²) < 4.78 is 5.16. The highest BCUT2D eigenvalue weighted by atomic mass is 35.5. The van der Waals surface area contributed by atoms with Gasteiger partial charge < -0.3 is 21.5 Å². The number of nitrogens with zero attached hydrogens (tertiary/aromatic N) is 3. The molecule has 9 nitrogen and oxygen atoms in total. The van der Waals surface area contributed by atoms with E-state index in [9.17, 15) is 4.79 Å². The number of halogens is 2. The second-order valence-corrected chi connectivity index (χ2v) is 8.26. The molecule has 2 aromatic carbocycles. The van der Waals surface area contributed by atoms with E-state index >= 15 is 0 Å². The first kappa shape index (κ1) is 27.9. The monoisotopic (exact) mass is 519 g/mol. The van der Waals surface area contributed by atoms with E-state index in [2.05, 4.69) is 25.6 Å². The van der Waals surface area contributed by atoms with Crippen LogP contribution in [0.4, 0.5) is 11.8 Å². The van der Waals surface area contributed by atoms with Gasteiger partial charge in [0, 0.05) is 10.9 Å². The van der Waals surface area contributed by atoms with Gasteiger partial charge in [0.2, 0.25) is 5.95 Å². The third kappa shape index (κ3) is 6.86. The number of aromatic nitrogens is 2. The lowest BCUT2D eigenvalue weighted by atomic mass is 9.90. The van der Waals surface area contributed by atoms with Gasteiger partial charge in [-0.15, -0.1) is 24.8 Å². The van der Waals surface area contributed by atoms with E-state index in [-0.39, 0.29) is 54.7 Å². The van der Waals surface area contributed by atoms with Crippen molar-refractivity contribution >= 4 is 59.3 Å². The van der Waals surface area contributed by atoms with Gasteiger partial charge in [-0.3, -0.25) is 10.1 Å². The molecular weight excluding hydrogens is 489 g/mol. The number of carbonyl (C=O) groups is 1. The van der Waals surface area contributed by atoms with E-state index in [1.54, 1.807) is 31.4 Å². The Morgan fingerprint density at radius 2 is 1.77 bits per heavy atom. The van der Waals surface area contributed by atoms with E-state index < -0.39 is 0 Å². The van der Waals surface area contributed by atoms with Crippen molar-refractivity contribution in [1.82, 2.24) is 9.97 Å². The number of methoxy groups -OCH3 is 1. The fourth-order valence-corrected chi connectivity index (χ4v) is 4.13. The molecule has 0 bridgehead atoms. The van der Waals surface area contributed by atoms with Crippen LogP contribution in [0.25, 0.3) is 10.9 Å². The predicted molar refractivity (Wildman–Crippen MR) is 145 cm³/mol. The number of anilines is 2. The molecule has 11 heteroatoms. The normalized spacial score (nSPS) is 16.9. The minimum absolute atomic E-state index is 0. The van der Waals surface area contributed by atoms with Crippen molar-refractivity contribution in [2.75, 3.05) is 17.7 Å². The maximum atomic E-state index is 12.8. The van der Waals surface area contributed by atoms with Crippen LogP contribution in [0.5, 0.6) is 5.75 Å². The van der Waals surface area contributed by atoms with Crippen LogP contribution in [0.3, 0.4) is 0 Å². The molecule has 1 saturated carbocycles. The van der Waals surface area contributed by atoms with Crippen LogP contribution in [0, 0.1) is 6.92 Å². The van der Waals surface area contributed by atoms with Gasteiger partial charge in [-0.25, -0.2) is 9.98 Å². The molecule has 4 rings (SSSR count). The van der Waals surface area contributed by atoms with E-state index in [0.29, 0.717) is 17.1 Å². The summed E-state index contributed by atoms with van der Waals surface area (Å²) in [5, 5.41) is 7.23. The van der Waals surface area contributed by atoms with Crippen molar-refractivity contribution in [3.8, 4) is 5.75 Å². The summed E-state index contributed by atoms with van der Waals surface area (Å²) in [6, 6.07) is 12.8. The molecule has 0 radical (unpaired) electrons. The molecule has 0 spiro atoms. The molecule has 2 atom stereocenters. The van der Waals surface area contributed by atoms with Crippen LogP contribution in [0.1, 0.15) is 41.6 Å².